The van der Waals surface area contributed by atoms with Crippen LogP contribution in [0.15, 0.2) is 18.5 Å². The molecule has 0 aromatic carbocycles. The zero-order valence-electron chi connectivity index (χ0n) is 13.6. The first kappa shape index (κ1) is 16.9. The molecule has 2 heterocycles. The summed E-state index contributed by atoms with van der Waals surface area (Å²) < 4.78 is 0. The summed E-state index contributed by atoms with van der Waals surface area (Å²) in [7, 11) is 2.14. The Bertz CT molecular complexity index is 477. The molecule has 122 valence electrons. The molecule has 5 heteroatoms. The zero-order valence-corrected chi connectivity index (χ0v) is 13.6. The number of unbranched alkanes of at least 4 members (excludes halogenated alkanes) is 3. The summed E-state index contributed by atoms with van der Waals surface area (Å²) in [5.41, 5.74) is 7.46. The van der Waals surface area contributed by atoms with E-state index in [0.717, 1.165) is 50.9 Å². The number of carbonyl (C=O) groups excluding carboxylic acids is 1. The van der Waals surface area contributed by atoms with Crippen molar-refractivity contribution in [3.63, 3.8) is 0 Å². The summed E-state index contributed by atoms with van der Waals surface area (Å²) in [6.45, 7) is 1.87. The van der Waals surface area contributed by atoms with Gasteiger partial charge in [-0.2, -0.15) is 0 Å². The molecule has 1 aromatic heterocycles. The molecule has 3 N–H and O–H groups in total. The maximum absolute atomic E-state index is 12.0. The van der Waals surface area contributed by atoms with Gasteiger partial charge in [-0.3, -0.25) is 14.7 Å². The van der Waals surface area contributed by atoms with Gasteiger partial charge in [0.25, 0.3) is 0 Å². The maximum Gasteiger partial charge on any atom is 0.224 e. The third-order valence-corrected chi connectivity index (χ3v) is 4.31. The number of nitrogens with two attached hydrogens (primary N) is 1. The predicted octanol–water partition coefficient (Wildman–Crippen LogP) is 2.70. The fraction of sp³-hybridized carbons (Fsp3) is 0.647. The molecule has 0 saturated carbocycles. The molecule has 1 amide bonds. The van der Waals surface area contributed by atoms with Gasteiger partial charge in [0.2, 0.25) is 5.91 Å². The van der Waals surface area contributed by atoms with E-state index in [1.54, 1.807) is 6.20 Å². The van der Waals surface area contributed by atoms with Gasteiger partial charge < -0.3 is 11.1 Å². The van der Waals surface area contributed by atoms with Crippen LogP contribution in [0.25, 0.3) is 0 Å². The maximum atomic E-state index is 12.0. The number of amides is 1. The van der Waals surface area contributed by atoms with Crippen LogP contribution in [-0.2, 0) is 4.79 Å². The van der Waals surface area contributed by atoms with Crippen LogP contribution in [0.1, 0.15) is 56.6 Å². The molecule has 1 aromatic rings. The van der Waals surface area contributed by atoms with Gasteiger partial charge >= 0.3 is 0 Å². The van der Waals surface area contributed by atoms with E-state index >= 15 is 0 Å². The third-order valence-electron chi connectivity index (χ3n) is 4.31. The lowest BCUT2D eigenvalue weighted by Gasteiger charge is -2.20. The normalized spacial score (nSPS) is 18.5. The van der Waals surface area contributed by atoms with Crippen molar-refractivity contribution < 1.29 is 4.79 Å². The molecule has 1 atom stereocenters. The second-order valence-corrected chi connectivity index (χ2v) is 6.15. The smallest absolute Gasteiger partial charge is 0.224 e. The Labute approximate surface area is 133 Å². The van der Waals surface area contributed by atoms with Gasteiger partial charge in [-0.25, -0.2) is 0 Å². The van der Waals surface area contributed by atoms with Crippen molar-refractivity contribution in [1.82, 2.24) is 9.88 Å². The predicted molar refractivity (Wildman–Crippen MR) is 89.6 cm³/mol. The number of rotatable bonds is 8. The number of hydrogen-bond acceptors (Lipinski definition) is 4. The highest BCUT2D eigenvalue weighted by atomic mass is 16.1. The Kier molecular flexibility index (Phi) is 6.80. The quantitative estimate of drug-likeness (QED) is 0.724. The summed E-state index contributed by atoms with van der Waals surface area (Å²) in [6.07, 6.45) is 10.7. The van der Waals surface area contributed by atoms with Gasteiger partial charge in [-0.15, -0.1) is 0 Å². The fourth-order valence-corrected chi connectivity index (χ4v) is 3.05. The van der Waals surface area contributed by atoms with Gasteiger partial charge in [-0.1, -0.05) is 12.8 Å². The van der Waals surface area contributed by atoms with Gasteiger partial charge in [0.1, 0.15) is 0 Å². The zero-order chi connectivity index (χ0) is 15.8. The molecule has 1 aliphatic heterocycles. The van der Waals surface area contributed by atoms with Gasteiger partial charge in [0, 0.05) is 18.7 Å². The Morgan fingerprint density at radius 3 is 2.91 bits per heavy atom. The van der Waals surface area contributed by atoms with E-state index in [1.807, 2.05) is 6.20 Å². The number of hydrogen-bond donors (Lipinski definition) is 2. The van der Waals surface area contributed by atoms with E-state index < -0.39 is 0 Å². The number of nitrogens with zero attached hydrogens (tertiary/aromatic N) is 2. The van der Waals surface area contributed by atoms with Crippen LogP contribution in [0.4, 0.5) is 5.69 Å². The Balaban J connectivity index is 1.81. The van der Waals surface area contributed by atoms with E-state index in [-0.39, 0.29) is 5.91 Å². The Morgan fingerprint density at radius 2 is 2.18 bits per heavy atom. The molecule has 0 aliphatic carbocycles. The highest BCUT2D eigenvalue weighted by Gasteiger charge is 2.22. The molecule has 0 bridgehead atoms. The molecular formula is C17H28N4O. The minimum absolute atomic E-state index is 0.0754. The van der Waals surface area contributed by atoms with Crippen LogP contribution in [0.3, 0.4) is 0 Å². The first-order valence-corrected chi connectivity index (χ1v) is 8.36. The number of nitrogens with one attached hydrogen (secondary N) is 1. The standard InChI is InChI=1S/C17H28N4O/c1-21-10-6-7-16(21)14-11-15(13-19-12-14)20-17(22)8-4-2-3-5-9-18/h11-13,16H,2-10,18H2,1H3,(H,20,22). The van der Waals surface area contributed by atoms with Crippen LogP contribution in [0.2, 0.25) is 0 Å². The van der Waals surface area contributed by atoms with Crippen molar-refractivity contribution in [2.24, 2.45) is 5.73 Å². The molecule has 2 rings (SSSR count). The number of carbonyl (C=O) groups is 1. The first-order chi connectivity index (χ1) is 10.7. The lowest BCUT2D eigenvalue weighted by molar-refractivity contribution is -0.116. The molecular weight excluding hydrogens is 276 g/mol. The minimum Gasteiger partial charge on any atom is -0.330 e. The Hall–Kier alpha value is -1.46. The molecule has 1 fully saturated rings. The van der Waals surface area contributed by atoms with E-state index in [9.17, 15) is 4.79 Å². The molecule has 22 heavy (non-hydrogen) atoms. The summed E-state index contributed by atoms with van der Waals surface area (Å²) >= 11 is 0. The van der Waals surface area contributed by atoms with Gasteiger partial charge in [0.15, 0.2) is 0 Å². The average molecular weight is 304 g/mol. The van der Waals surface area contributed by atoms with E-state index in [1.165, 1.54) is 12.0 Å². The first-order valence-electron chi connectivity index (χ1n) is 8.36. The van der Waals surface area contributed by atoms with Crippen LogP contribution in [-0.4, -0.2) is 35.9 Å². The fourth-order valence-electron chi connectivity index (χ4n) is 3.05. The molecule has 1 aliphatic rings. The summed E-state index contributed by atoms with van der Waals surface area (Å²) in [4.78, 5) is 18.6. The Morgan fingerprint density at radius 1 is 1.36 bits per heavy atom. The van der Waals surface area contributed by atoms with E-state index in [0.29, 0.717) is 12.5 Å². The van der Waals surface area contributed by atoms with Crippen LogP contribution in [0.5, 0.6) is 0 Å². The monoisotopic (exact) mass is 304 g/mol. The number of aromatic nitrogens is 1. The highest BCUT2D eigenvalue weighted by Crippen LogP contribution is 2.30. The average Bonchev–Trinajstić information content (AvgIpc) is 2.93. The second-order valence-electron chi connectivity index (χ2n) is 6.15. The van der Waals surface area contributed by atoms with Crippen molar-refractivity contribution in [2.75, 3.05) is 25.5 Å². The summed E-state index contributed by atoms with van der Waals surface area (Å²) in [5, 5.41) is 2.97. The molecule has 0 radical (unpaired) electrons. The van der Waals surface area contributed by atoms with Crippen molar-refractivity contribution in [3.05, 3.63) is 24.0 Å². The number of pyridine rings is 1. The largest absolute Gasteiger partial charge is 0.330 e. The molecule has 5 nitrogen and oxygen atoms in total. The lowest BCUT2D eigenvalue weighted by atomic mass is 10.1. The molecule has 0 spiro atoms. The molecule has 1 saturated heterocycles. The topological polar surface area (TPSA) is 71.2 Å². The minimum atomic E-state index is 0.0754. The lowest BCUT2D eigenvalue weighted by Crippen LogP contribution is -2.18. The van der Waals surface area contributed by atoms with Crippen molar-refractivity contribution >= 4 is 11.6 Å². The van der Waals surface area contributed by atoms with Crippen LogP contribution < -0.4 is 11.1 Å². The van der Waals surface area contributed by atoms with E-state index in [4.69, 9.17) is 5.73 Å². The number of likely N-dealkylation sites (tertiary alicyclic amines) is 1. The van der Waals surface area contributed by atoms with Gasteiger partial charge in [-0.05, 0) is 57.5 Å². The van der Waals surface area contributed by atoms with Crippen molar-refractivity contribution in [1.29, 1.82) is 0 Å². The number of anilines is 1. The third kappa shape index (κ3) is 5.07. The van der Waals surface area contributed by atoms with Crippen LogP contribution >= 0.6 is 0 Å². The van der Waals surface area contributed by atoms with Crippen molar-refractivity contribution in [3.8, 4) is 0 Å². The second kappa shape index (κ2) is 8.86. The van der Waals surface area contributed by atoms with Crippen molar-refractivity contribution in [2.45, 2.75) is 51.0 Å². The summed E-state index contributed by atoms with van der Waals surface area (Å²) in [5.74, 6) is 0.0754. The van der Waals surface area contributed by atoms with Gasteiger partial charge in [0.05, 0.1) is 11.9 Å². The highest BCUT2D eigenvalue weighted by molar-refractivity contribution is 5.90. The van der Waals surface area contributed by atoms with Crippen LogP contribution in [0, 0.1) is 0 Å². The summed E-state index contributed by atoms with van der Waals surface area (Å²) in [6, 6.07) is 2.49. The van der Waals surface area contributed by atoms with E-state index in [2.05, 4.69) is 28.3 Å². The molecule has 1 unspecified atom stereocenters. The SMILES string of the molecule is CN1CCCC1c1cncc(NC(=O)CCCCCCN)c1.